The van der Waals surface area contributed by atoms with Crippen LogP contribution < -0.4 is 5.32 Å². The van der Waals surface area contributed by atoms with Gasteiger partial charge < -0.3 is 5.32 Å². The number of ketones is 2. The summed E-state index contributed by atoms with van der Waals surface area (Å²) >= 11 is 1.11. The first-order valence-corrected chi connectivity index (χ1v) is 7.49. The van der Waals surface area contributed by atoms with E-state index in [4.69, 9.17) is 0 Å². The molecule has 112 valence electrons. The molecule has 0 radical (unpaired) electrons. The number of amides is 1. The molecule has 0 fully saturated rings. The second kappa shape index (κ2) is 5.72. The fraction of sp³-hybridized carbons (Fsp3) is 0.286. The van der Waals surface area contributed by atoms with Crippen molar-refractivity contribution in [1.82, 2.24) is 15.0 Å². The molecule has 0 aliphatic heterocycles. The largest absolute Gasteiger partial charge is 0.302 e. The SMILES string of the molecule is CC(=O)Nc1nc2c(s1)C(=O)[C@@H](C(=O)c1cnccn1)CC2. The van der Waals surface area contributed by atoms with Gasteiger partial charge in [-0.1, -0.05) is 11.3 Å². The van der Waals surface area contributed by atoms with Crippen molar-refractivity contribution in [2.75, 3.05) is 5.32 Å². The van der Waals surface area contributed by atoms with Crippen LogP contribution in [-0.4, -0.2) is 32.4 Å². The number of anilines is 1. The molecule has 2 aromatic heterocycles. The number of hydrogen-bond acceptors (Lipinski definition) is 7. The fourth-order valence-corrected chi connectivity index (χ4v) is 3.40. The monoisotopic (exact) mass is 316 g/mol. The number of carbonyl (C=O) groups is 3. The Hall–Kier alpha value is -2.48. The number of aromatic nitrogens is 3. The van der Waals surface area contributed by atoms with Crippen molar-refractivity contribution in [3.63, 3.8) is 0 Å². The number of Topliss-reactive ketones (excluding diaryl/α,β-unsaturated/α-hetero) is 2. The van der Waals surface area contributed by atoms with Gasteiger partial charge in [0.15, 0.2) is 16.7 Å². The molecule has 1 aliphatic rings. The number of fused-ring (bicyclic) bond motifs is 1. The molecule has 3 rings (SSSR count). The van der Waals surface area contributed by atoms with Gasteiger partial charge in [-0.3, -0.25) is 19.4 Å². The summed E-state index contributed by atoms with van der Waals surface area (Å²) in [5, 5.41) is 2.95. The third-order valence-corrected chi connectivity index (χ3v) is 4.35. The number of nitrogens with one attached hydrogen (secondary N) is 1. The van der Waals surface area contributed by atoms with E-state index in [1.807, 2.05) is 0 Å². The summed E-state index contributed by atoms with van der Waals surface area (Å²) in [6.07, 6.45) is 5.17. The molecule has 0 saturated carbocycles. The van der Waals surface area contributed by atoms with Crippen LogP contribution in [0.1, 0.15) is 39.2 Å². The first kappa shape index (κ1) is 14.5. The van der Waals surface area contributed by atoms with E-state index in [9.17, 15) is 14.4 Å². The Bertz CT molecular complexity index is 757. The molecule has 8 heteroatoms. The Morgan fingerprint density at radius 3 is 2.86 bits per heavy atom. The molecule has 0 spiro atoms. The van der Waals surface area contributed by atoms with Gasteiger partial charge in [0, 0.05) is 19.3 Å². The molecular formula is C14H12N4O3S. The standard InChI is InChI=1S/C14H12N4O3S/c1-7(19)17-14-18-9-3-2-8(12(21)13(9)22-14)11(20)10-6-15-4-5-16-10/h4-6,8H,2-3H2,1H3,(H,17,18,19)/t8-/m1/s1. The number of hydrogen-bond donors (Lipinski definition) is 1. The minimum Gasteiger partial charge on any atom is -0.302 e. The first-order valence-electron chi connectivity index (χ1n) is 6.68. The highest BCUT2D eigenvalue weighted by molar-refractivity contribution is 7.17. The normalized spacial score (nSPS) is 17.0. The molecule has 1 atom stereocenters. The minimum absolute atomic E-state index is 0.191. The Kier molecular flexibility index (Phi) is 3.76. The summed E-state index contributed by atoms with van der Waals surface area (Å²) in [6, 6.07) is 0. The molecule has 0 unspecified atom stereocenters. The third-order valence-electron chi connectivity index (χ3n) is 3.32. The maximum Gasteiger partial charge on any atom is 0.223 e. The average molecular weight is 316 g/mol. The molecule has 0 bridgehead atoms. The fourth-order valence-electron chi connectivity index (χ4n) is 2.34. The Labute approximate surface area is 129 Å². The van der Waals surface area contributed by atoms with Gasteiger partial charge in [-0.15, -0.1) is 0 Å². The van der Waals surface area contributed by atoms with Crippen molar-refractivity contribution in [2.24, 2.45) is 5.92 Å². The highest BCUT2D eigenvalue weighted by Gasteiger charge is 2.36. The minimum atomic E-state index is -0.755. The molecule has 1 aliphatic carbocycles. The third kappa shape index (κ3) is 2.64. The Morgan fingerprint density at radius 1 is 1.36 bits per heavy atom. The predicted molar refractivity (Wildman–Crippen MR) is 78.9 cm³/mol. The van der Waals surface area contributed by atoms with Gasteiger partial charge in [0.05, 0.1) is 22.7 Å². The molecule has 2 aromatic rings. The molecule has 22 heavy (non-hydrogen) atoms. The number of nitrogens with zero attached hydrogens (tertiary/aromatic N) is 3. The van der Waals surface area contributed by atoms with Gasteiger partial charge >= 0.3 is 0 Å². The van der Waals surface area contributed by atoms with Crippen LogP contribution in [-0.2, 0) is 11.2 Å². The number of aryl methyl sites for hydroxylation is 1. The van der Waals surface area contributed by atoms with Crippen LogP contribution in [0.5, 0.6) is 0 Å². The van der Waals surface area contributed by atoms with Crippen molar-refractivity contribution in [3.8, 4) is 0 Å². The molecule has 1 N–H and O–H groups in total. The van der Waals surface area contributed by atoms with E-state index in [-0.39, 0.29) is 23.2 Å². The van der Waals surface area contributed by atoms with Crippen LogP contribution >= 0.6 is 11.3 Å². The van der Waals surface area contributed by atoms with Crippen LogP contribution in [0.2, 0.25) is 0 Å². The van der Waals surface area contributed by atoms with Crippen molar-refractivity contribution in [2.45, 2.75) is 19.8 Å². The lowest BCUT2D eigenvalue weighted by Gasteiger charge is -2.17. The predicted octanol–water partition coefficient (Wildman–Crippen LogP) is 1.52. The van der Waals surface area contributed by atoms with E-state index in [1.54, 1.807) is 0 Å². The van der Waals surface area contributed by atoms with Gasteiger partial charge in [0.2, 0.25) is 5.91 Å². The van der Waals surface area contributed by atoms with Crippen molar-refractivity contribution < 1.29 is 14.4 Å². The van der Waals surface area contributed by atoms with Crippen molar-refractivity contribution in [1.29, 1.82) is 0 Å². The molecular weight excluding hydrogens is 304 g/mol. The number of rotatable bonds is 3. The highest BCUT2D eigenvalue weighted by Crippen LogP contribution is 2.33. The second-order valence-corrected chi connectivity index (χ2v) is 5.89. The van der Waals surface area contributed by atoms with Crippen LogP contribution in [0.3, 0.4) is 0 Å². The topological polar surface area (TPSA) is 102 Å². The summed E-state index contributed by atoms with van der Waals surface area (Å²) in [4.78, 5) is 48.5. The van der Waals surface area contributed by atoms with Crippen LogP contribution in [0.4, 0.5) is 5.13 Å². The van der Waals surface area contributed by atoms with Crippen LogP contribution in [0.25, 0.3) is 0 Å². The van der Waals surface area contributed by atoms with Crippen molar-refractivity contribution in [3.05, 3.63) is 34.9 Å². The maximum atomic E-state index is 12.5. The van der Waals surface area contributed by atoms with Gasteiger partial charge in [0.1, 0.15) is 5.69 Å². The lowest BCUT2D eigenvalue weighted by atomic mass is 9.85. The van der Waals surface area contributed by atoms with Gasteiger partial charge in [-0.2, -0.15) is 0 Å². The van der Waals surface area contributed by atoms with Crippen LogP contribution in [0, 0.1) is 5.92 Å². The van der Waals surface area contributed by atoms with Crippen LogP contribution in [0.15, 0.2) is 18.6 Å². The second-order valence-electron chi connectivity index (χ2n) is 4.89. The Morgan fingerprint density at radius 2 is 2.18 bits per heavy atom. The van der Waals surface area contributed by atoms with Gasteiger partial charge in [-0.05, 0) is 12.8 Å². The zero-order valence-electron chi connectivity index (χ0n) is 11.7. The highest BCUT2D eigenvalue weighted by atomic mass is 32.1. The van der Waals surface area contributed by atoms with E-state index in [0.29, 0.717) is 28.5 Å². The summed E-state index contributed by atoms with van der Waals surface area (Å²) < 4.78 is 0. The van der Waals surface area contributed by atoms with Crippen molar-refractivity contribution >= 4 is 33.9 Å². The maximum absolute atomic E-state index is 12.5. The lowest BCUT2D eigenvalue weighted by Crippen LogP contribution is -2.29. The van der Waals surface area contributed by atoms with Gasteiger partial charge in [-0.25, -0.2) is 9.97 Å². The summed E-state index contributed by atoms with van der Waals surface area (Å²) in [7, 11) is 0. The molecule has 2 heterocycles. The smallest absolute Gasteiger partial charge is 0.223 e. The number of carbonyl (C=O) groups excluding carboxylic acids is 3. The number of thiazole rings is 1. The quantitative estimate of drug-likeness (QED) is 0.680. The first-order chi connectivity index (χ1) is 10.6. The Balaban J connectivity index is 1.86. The summed E-state index contributed by atoms with van der Waals surface area (Å²) in [5.41, 5.74) is 0.831. The zero-order chi connectivity index (χ0) is 15.7. The summed E-state index contributed by atoms with van der Waals surface area (Å²) in [6.45, 7) is 1.38. The van der Waals surface area contributed by atoms with E-state index < -0.39 is 5.92 Å². The summed E-state index contributed by atoms with van der Waals surface area (Å²) in [5.74, 6) is -1.58. The molecule has 0 saturated heterocycles. The average Bonchev–Trinajstić information content (AvgIpc) is 2.90. The van der Waals surface area contributed by atoms with E-state index in [1.165, 1.54) is 25.5 Å². The zero-order valence-corrected chi connectivity index (χ0v) is 12.5. The van der Waals surface area contributed by atoms with E-state index in [2.05, 4.69) is 20.3 Å². The molecule has 0 aromatic carbocycles. The van der Waals surface area contributed by atoms with Gasteiger partial charge in [0.25, 0.3) is 0 Å². The van der Waals surface area contributed by atoms with E-state index >= 15 is 0 Å². The van der Waals surface area contributed by atoms with E-state index in [0.717, 1.165) is 11.3 Å². The lowest BCUT2D eigenvalue weighted by molar-refractivity contribution is -0.114. The molecule has 1 amide bonds. The molecule has 7 nitrogen and oxygen atoms in total.